The number of esters is 1. The van der Waals surface area contributed by atoms with Crippen LogP contribution >= 0.6 is 0 Å². The zero-order valence-electron chi connectivity index (χ0n) is 13.7. The van der Waals surface area contributed by atoms with Crippen molar-refractivity contribution in [1.29, 1.82) is 0 Å². The van der Waals surface area contributed by atoms with Crippen LogP contribution < -0.4 is 5.32 Å². The summed E-state index contributed by atoms with van der Waals surface area (Å²) in [5, 5.41) is 4.61. The average molecular weight is 300 g/mol. The Kier molecular flexibility index (Phi) is 4.21. The molecular formula is C18H24N2O2. The minimum atomic E-state index is -0.139. The third-order valence-corrected chi connectivity index (χ3v) is 4.48. The highest BCUT2D eigenvalue weighted by Gasteiger charge is 2.20. The molecule has 1 aliphatic rings. The molecule has 0 saturated heterocycles. The van der Waals surface area contributed by atoms with Crippen molar-refractivity contribution >= 4 is 16.9 Å². The molecule has 2 aromatic rings. The highest BCUT2D eigenvalue weighted by molar-refractivity contribution is 5.90. The molecule has 1 aromatic carbocycles. The van der Waals surface area contributed by atoms with Gasteiger partial charge in [0.25, 0.3) is 0 Å². The number of rotatable bonds is 5. The first-order chi connectivity index (χ1) is 10.7. The number of aryl methyl sites for hydroxylation is 1. The van der Waals surface area contributed by atoms with Crippen molar-refractivity contribution in [3.63, 3.8) is 0 Å². The lowest BCUT2D eigenvalue weighted by atomic mass is 10.0. The number of ether oxygens (including phenoxy) is 1. The number of carbonyl (C=O) groups excluding carboxylic acids is 1. The number of fused-ring (bicyclic) bond motifs is 2. The van der Waals surface area contributed by atoms with Gasteiger partial charge in [0.05, 0.1) is 13.0 Å². The summed E-state index contributed by atoms with van der Waals surface area (Å²) in [5.74, 6) is -0.139. The maximum Gasteiger partial charge on any atom is 0.310 e. The molecule has 118 valence electrons. The van der Waals surface area contributed by atoms with Gasteiger partial charge in [0.1, 0.15) is 0 Å². The minimum absolute atomic E-state index is 0.139. The molecule has 0 radical (unpaired) electrons. The predicted molar refractivity (Wildman–Crippen MR) is 87.8 cm³/mol. The molecule has 0 bridgehead atoms. The van der Waals surface area contributed by atoms with E-state index in [-0.39, 0.29) is 5.97 Å². The van der Waals surface area contributed by atoms with E-state index < -0.39 is 0 Å². The Morgan fingerprint density at radius 2 is 2.00 bits per heavy atom. The van der Waals surface area contributed by atoms with Crippen molar-refractivity contribution in [2.75, 3.05) is 6.61 Å². The van der Waals surface area contributed by atoms with E-state index in [0.717, 1.165) is 31.6 Å². The largest absolute Gasteiger partial charge is 0.466 e. The van der Waals surface area contributed by atoms with Crippen molar-refractivity contribution < 1.29 is 9.53 Å². The van der Waals surface area contributed by atoms with Gasteiger partial charge in [-0.05, 0) is 49.1 Å². The molecular weight excluding hydrogens is 276 g/mol. The number of hydrogen-bond donors (Lipinski definition) is 1. The molecule has 2 heterocycles. The highest BCUT2D eigenvalue weighted by atomic mass is 16.5. The van der Waals surface area contributed by atoms with Gasteiger partial charge < -0.3 is 14.6 Å². The Bertz CT molecular complexity index is 716. The summed E-state index contributed by atoms with van der Waals surface area (Å²) in [6, 6.07) is 4.56. The number of benzene rings is 1. The maximum absolute atomic E-state index is 12.0. The standard InChI is InChI=1S/C18H24N2O2/c1-4-6-20-12(3)15(9-18(21)22-5-2)16-7-13-10-19-11-14(13)8-17(16)20/h7-8,19H,4-6,9-11H2,1-3H3. The second-order valence-electron chi connectivity index (χ2n) is 5.94. The normalized spacial score (nSPS) is 13.6. The third-order valence-electron chi connectivity index (χ3n) is 4.48. The quantitative estimate of drug-likeness (QED) is 0.863. The van der Waals surface area contributed by atoms with Crippen LogP contribution in [0, 0.1) is 6.92 Å². The second kappa shape index (κ2) is 6.13. The average Bonchev–Trinajstić information content (AvgIpc) is 3.04. The first-order valence-electron chi connectivity index (χ1n) is 8.15. The zero-order valence-corrected chi connectivity index (χ0v) is 13.7. The van der Waals surface area contributed by atoms with E-state index in [2.05, 4.69) is 35.9 Å². The van der Waals surface area contributed by atoms with Gasteiger partial charge in [-0.25, -0.2) is 0 Å². The fraction of sp³-hybridized carbons (Fsp3) is 0.500. The first kappa shape index (κ1) is 15.1. The highest BCUT2D eigenvalue weighted by Crippen LogP contribution is 2.31. The van der Waals surface area contributed by atoms with E-state index >= 15 is 0 Å². The van der Waals surface area contributed by atoms with Crippen LogP contribution in [0.2, 0.25) is 0 Å². The molecule has 0 aliphatic carbocycles. The summed E-state index contributed by atoms with van der Waals surface area (Å²) < 4.78 is 7.50. The molecule has 0 fully saturated rings. The molecule has 4 nitrogen and oxygen atoms in total. The topological polar surface area (TPSA) is 43.3 Å². The summed E-state index contributed by atoms with van der Waals surface area (Å²) in [5.41, 5.74) is 6.30. The molecule has 0 unspecified atom stereocenters. The monoisotopic (exact) mass is 300 g/mol. The zero-order chi connectivity index (χ0) is 15.7. The van der Waals surface area contributed by atoms with Crippen molar-refractivity contribution in [2.45, 2.75) is 53.2 Å². The summed E-state index contributed by atoms with van der Waals surface area (Å²) in [7, 11) is 0. The van der Waals surface area contributed by atoms with Crippen LogP contribution in [0.1, 0.15) is 42.7 Å². The summed E-state index contributed by atoms with van der Waals surface area (Å²) in [6.45, 7) is 9.43. The Morgan fingerprint density at radius 1 is 1.27 bits per heavy atom. The predicted octanol–water partition coefficient (Wildman–Crippen LogP) is 3.07. The van der Waals surface area contributed by atoms with Gasteiger partial charge in [0.2, 0.25) is 0 Å². The molecule has 1 aliphatic heterocycles. The lowest BCUT2D eigenvalue weighted by molar-refractivity contribution is -0.142. The number of aromatic nitrogens is 1. The number of nitrogens with zero attached hydrogens (tertiary/aromatic N) is 1. The Labute approximate surface area is 131 Å². The molecule has 1 aromatic heterocycles. The van der Waals surface area contributed by atoms with Crippen LogP contribution in [-0.2, 0) is 35.6 Å². The van der Waals surface area contributed by atoms with E-state index in [4.69, 9.17) is 4.74 Å². The fourth-order valence-electron chi connectivity index (χ4n) is 3.43. The van der Waals surface area contributed by atoms with Gasteiger partial charge >= 0.3 is 5.97 Å². The van der Waals surface area contributed by atoms with Crippen molar-refractivity contribution in [2.24, 2.45) is 0 Å². The van der Waals surface area contributed by atoms with E-state index in [1.165, 1.54) is 27.7 Å². The smallest absolute Gasteiger partial charge is 0.310 e. The number of carbonyl (C=O) groups is 1. The molecule has 0 atom stereocenters. The lowest BCUT2D eigenvalue weighted by Crippen LogP contribution is -2.09. The van der Waals surface area contributed by atoms with Crippen molar-refractivity contribution in [3.8, 4) is 0 Å². The molecule has 0 amide bonds. The summed E-state index contributed by atoms with van der Waals surface area (Å²) in [6.07, 6.45) is 1.44. The van der Waals surface area contributed by atoms with Gasteiger partial charge in [0.15, 0.2) is 0 Å². The van der Waals surface area contributed by atoms with E-state index in [1.807, 2.05) is 6.92 Å². The SMILES string of the molecule is CCCn1c(C)c(CC(=O)OCC)c2cc3c(cc21)CNC3. The van der Waals surface area contributed by atoms with E-state index in [1.54, 1.807) is 0 Å². The maximum atomic E-state index is 12.0. The van der Waals surface area contributed by atoms with Gasteiger partial charge in [-0.15, -0.1) is 0 Å². The van der Waals surface area contributed by atoms with E-state index in [9.17, 15) is 4.79 Å². The van der Waals surface area contributed by atoms with Crippen LogP contribution in [0.25, 0.3) is 10.9 Å². The number of nitrogens with one attached hydrogen (secondary N) is 1. The Balaban J connectivity index is 2.13. The first-order valence-corrected chi connectivity index (χ1v) is 8.15. The molecule has 3 rings (SSSR count). The Morgan fingerprint density at radius 3 is 2.68 bits per heavy atom. The molecule has 0 spiro atoms. The van der Waals surface area contributed by atoms with Gasteiger partial charge in [0, 0.05) is 36.2 Å². The number of hydrogen-bond acceptors (Lipinski definition) is 3. The van der Waals surface area contributed by atoms with Crippen molar-refractivity contribution in [3.05, 3.63) is 34.5 Å². The van der Waals surface area contributed by atoms with Gasteiger partial charge in [-0.2, -0.15) is 0 Å². The third kappa shape index (κ3) is 2.52. The lowest BCUT2D eigenvalue weighted by Gasteiger charge is -2.07. The second-order valence-corrected chi connectivity index (χ2v) is 5.94. The van der Waals surface area contributed by atoms with Crippen LogP contribution in [0.5, 0.6) is 0 Å². The summed E-state index contributed by atoms with van der Waals surface area (Å²) in [4.78, 5) is 12.0. The van der Waals surface area contributed by atoms with Gasteiger partial charge in [-0.3, -0.25) is 4.79 Å². The van der Waals surface area contributed by atoms with E-state index in [0.29, 0.717) is 13.0 Å². The fourth-order valence-corrected chi connectivity index (χ4v) is 3.43. The van der Waals surface area contributed by atoms with Crippen LogP contribution in [0.15, 0.2) is 12.1 Å². The Hall–Kier alpha value is -1.81. The van der Waals surface area contributed by atoms with Crippen molar-refractivity contribution in [1.82, 2.24) is 9.88 Å². The minimum Gasteiger partial charge on any atom is -0.466 e. The van der Waals surface area contributed by atoms with Crippen LogP contribution in [0.3, 0.4) is 0 Å². The molecule has 0 saturated carbocycles. The molecule has 1 N–H and O–H groups in total. The molecule has 4 heteroatoms. The molecule has 22 heavy (non-hydrogen) atoms. The van der Waals surface area contributed by atoms with Crippen LogP contribution in [0.4, 0.5) is 0 Å². The summed E-state index contributed by atoms with van der Waals surface area (Å²) >= 11 is 0. The van der Waals surface area contributed by atoms with Crippen LogP contribution in [-0.4, -0.2) is 17.1 Å². The van der Waals surface area contributed by atoms with Gasteiger partial charge in [-0.1, -0.05) is 6.92 Å².